The molecule has 1 saturated carbocycles. The Morgan fingerprint density at radius 3 is 2.59 bits per heavy atom. The van der Waals surface area contributed by atoms with E-state index in [9.17, 15) is 22.4 Å². The molecule has 2 aromatic heterocycles. The molecule has 1 aromatic carbocycles. The van der Waals surface area contributed by atoms with Crippen molar-refractivity contribution in [2.45, 2.75) is 50.2 Å². The van der Waals surface area contributed by atoms with Gasteiger partial charge in [0.2, 0.25) is 11.8 Å². The van der Waals surface area contributed by atoms with Crippen molar-refractivity contribution in [1.29, 1.82) is 0 Å². The summed E-state index contributed by atoms with van der Waals surface area (Å²) >= 11 is 1.01. The molecule has 1 atom stereocenters. The molecule has 180 valence electrons. The molecule has 2 N–H and O–H groups in total. The Morgan fingerprint density at radius 1 is 1.24 bits per heavy atom. The predicted octanol–water partition coefficient (Wildman–Crippen LogP) is 3.06. The maximum Gasteiger partial charge on any atom is 0.245 e. The number of hydrogen-bond acceptors (Lipinski definition) is 7. The number of nitrogens with zero attached hydrogens (tertiary/aromatic N) is 2. The fourth-order valence-electron chi connectivity index (χ4n) is 3.37. The molecular formula is C23H25FN4O4S2. The van der Waals surface area contributed by atoms with Gasteiger partial charge in [-0.25, -0.2) is 17.8 Å². The lowest BCUT2D eigenvalue weighted by atomic mass is 10.1. The van der Waals surface area contributed by atoms with Crippen LogP contribution in [0.2, 0.25) is 0 Å². The van der Waals surface area contributed by atoms with Gasteiger partial charge in [0, 0.05) is 35.1 Å². The Balaban J connectivity index is 1.68. The third kappa shape index (κ3) is 5.10. The molecule has 3 aromatic rings. The van der Waals surface area contributed by atoms with Crippen molar-refractivity contribution in [3.8, 4) is 11.1 Å². The normalized spacial score (nSPS) is 14.9. The van der Waals surface area contributed by atoms with Crippen LogP contribution in [0.5, 0.6) is 0 Å². The monoisotopic (exact) mass is 504 g/mol. The zero-order valence-corrected chi connectivity index (χ0v) is 20.6. The van der Waals surface area contributed by atoms with E-state index in [4.69, 9.17) is 0 Å². The molecule has 8 nitrogen and oxygen atoms in total. The Hall–Kier alpha value is -2.92. The van der Waals surface area contributed by atoms with Crippen molar-refractivity contribution < 1.29 is 22.4 Å². The first-order chi connectivity index (χ1) is 16.1. The summed E-state index contributed by atoms with van der Waals surface area (Å²) in [5.74, 6) is -1.74. The van der Waals surface area contributed by atoms with E-state index >= 15 is 0 Å². The van der Waals surface area contributed by atoms with E-state index in [0.29, 0.717) is 15.8 Å². The highest BCUT2D eigenvalue weighted by Gasteiger charge is 2.39. The quantitative estimate of drug-likeness (QED) is 0.487. The van der Waals surface area contributed by atoms with Crippen molar-refractivity contribution in [3.63, 3.8) is 0 Å². The molecule has 4 rings (SSSR count). The van der Waals surface area contributed by atoms with Gasteiger partial charge in [-0.15, -0.1) is 11.3 Å². The Labute approximate surface area is 200 Å². The number of aryl methyl sites for hydroxylation is 1. The summed E-state index contributed by atoms with van der Waals surface area (Å²) in [7, 11) is -3.97. The van der Waals surface area contributed by atoms with Gasteiger partial charge in [0.25, 0.3) is 0 Å². The van der Waals surface area contributed by atoms with Gasteiger partial charge in [0.05, 0.1) is 22.0 Å². The standard InChI is InChI=1S/C23H25FN4O4S2/c1-12(2)34(31,32)21(22(30)26-11-20(29)27-15-6-7-15)23-28-18-9-17(24)16(8-19(18)33-23)14-5-4-13(3)25-10-14/h4-5,8-10,12,15,21H,6-7,11H2,1-3H3,(H,26,30)(H,27,29). The average Bonchev–Trinajstić information content (AvgIpc) is 3.49. The lowest BCUT2D eigenvalue weighted by molar-refractivity contribution is -0.126. The first-order valence-corrected chi connectivity index (χ1v) is 13.3. The smallest absolute Gasteiger partial charge is 0.245 e. The average molecular weight is 505 g/mol. The largest absolute Gasteiger partial charge is 0.352 e. The van der Waals surface area contributed by atoms with Gasteiger partial charge in [-0.3, -0.25) is 14.6 Å². The summed E-state index contributed by atoms with van der Waals surface area (Å²) < 4.78 is 41.6. The number of fused-ring (bicyclic) bond motifs is 1. The minimum atomic E-state index is -3.97. The number of aromatic nitrogens is 2. The fourth-order valence-corrected chi connectivity index (χ4v) is 6.14. The second kappa shape index (κ2) is 9.38. The maximum absolute atomic E-state index is 14.9. The van der Waals surface area contributed by atoms with E-state index in [-0.39, 0.29) is 29.0 Å². The zero-order valence-electron chi connectivity index (χ0n) is 19.0. The number of carbonyl (C=O) groups is 2. The molecule has 34 heavy (non-hydrogen) atoms. The van der Waals surface area contributed by atoms with Gasteiger partial charge in [0.1, 0.15) is 10.8 Å². The van der Waals surface area contributed by atoms with Gasteiger partial charge in [-0.1, -0.05) is 6.07 Å². The van der Waals surface area contributed by atoms with Crippen molar-refractivity contribution in [2.24, 2.45) is 0 Å². The van der Waals surface area contributed by atoms with E-state index in [1.54, 1.807) is 24.4 Å². The van der Waals surface area contributed by atoms with E-state index in [1.807, 2.05) is 6.92 Å². The third-order valence-corrected chi connectivity index (χ3v) is 9.17. The SMILES string of the molecule is Cc1ccc(-c2cc3sc(C(C(=O)NCC(=O)NC4CC4)S(=O)(=O)C(C)C)nc3cc2F)cn1. The van der Waals surface area contributed by atoms with Gasteiger partial charge >= 0.3 is 0 Å². The van der Waals surface area contributed by atoms with Crippen molar-refractivity contribution in [3.05, 3.63) is 47.0 Å². The zero-order chi connectivity index (χ0) is 24.6. The Bertz CT molecular complexity index is 1350. The lowest BCUT2D eigenvalue weighted by Crippen LogP contribution is -2.42. The van der Waals surface area contributed by atoms with Gasteiger partial charge in [0.15, 0.2) is 15.1 Å². The van der Waals surface area contributed by atoms with Gasteiger partial charge < -0.3 is 10.6 Å². The number of benzene rings is 1. The number of thiazole rings is 1. The molecule has 0 radical (unpaired) electrons. The molecule has 2 amide bonds. The number of hydrogen-bond donors (Lipinski definition) is 2. The highest BCUT2D eigenvalue weighted by Crippen LogP contribution is 2.36. The second-order valence-corrected chi connectivity index (χ2v) is 12.3. The number of rotatable bonds is 8. The van der Waals surface area contributed by atoms with Crippen LogP contribution in [0.15, 0.2) is 30.5 Å². The number of amides is 2. The van der Waals surface area contributed by atoms with Gasteiger partial charge in [-0.2, -0.15) is 0 Å². The Kier molecular flexibility index (Phi) is 6.68. The first-order valence-electron chi connectivity index (χ1n) is 10.9. The van der Waals surface area contributed by atoms with Crippen LogP contribution in [-0.2, 0) is 19.4 Å². The van der Waals surface area contributed by atoms with E-state index in [1.165, 1.54) is 19.9 Å². The molecular weight excluding hydrogens is 479 g/mol. The molecule has 2 heterocycles. The van der Waals surface area contributed by atoms with Gasteiger partial charge in [-0.05, 0) is 45.7 Å². The maximum atomic E-state index is 14.9. The molecule has 1 aliphatic rings. The number of halogens is 1. The summed E-state index contributed by atoms with van der Waals surface area (Å²) in [5, 5.41) is 2.73. The molecule has 0 aliphatic heterocycles. The Morgan fingerprint density at radius 2 is 1.97 bits per heavy atom. The minimum Gasteiger partial charge on any atom is -0.352 e. The molecule has 0 saturated heterocycles. The first kappa shape index (κ1) is 24.2. The predicted molar refractivity (Wildman–Crippen MR) is 129 cm³/mol. The number of nitrogens with one attached hydrogen (secondary N) is 2. The number of carbonyl (C=O) groups excluding carboxylic acids is 2. The number of sulfone groups is 1. The summed E-state index contributed by atoms with van der Waals surface area (Å²) in [6.45, 7) is 4.45. The highest BCUT2D eigenvalue weighted by molar-refractivity contribution is 7.93. The summed E-state index contributed by atoms with van der Waals surface area (Å²) in [5.41, 5.74) is 1.93. The number of pyridine rings is 1. The van der Waals surface area contributed by atoms with Crippen LogP contribution in [0.4, 0.5) is 4.39 Å². The van der Waals surface area contributed by atoms with Crippen LogP contribution in [-0.4, -0.2) is 48.0 Å². The highest BCUT2D eigenvalue weighted by atomic mass is 32.2. The van der Waals surface area contributed by atoms with Crippen molar-refractivity contribution >= 4 is 43.2 Å². The molecule has 0 spiro atoms. The van der Waals surface area contributed by atoms with Crippen LogP contribution >= 0.6 is 11.3 Å². The third-order valence-electron chi connectivity index (χ3n) is 5.53. The molecule has 1 unspecified atom stereocenters. The van der Waals surface area contributed by atoms with E-state index < -0.39 is 32.1 Å². The van der Waals surface area contributed by atoms with Crippen molar-refractivity contribution in [2.75, 3.05) is 6.54 Å². The topological polar surface area (TPSA) is 118 Å². The lowest BCUT2D eigenvalue weighted by Gasteiger charge is -2.17. The van der Waals surface area contributed by atoms with Crippen molar-refractivity contribution in [1.82, 2.24) is 20.6 Å². The minimum absolute atomic E-state index is 0.0300. The molecule has 11 heteroatoms. The molecule has 1 fully saturated rings. The summed E-state index contributed by atoms with van der Waals surface area (Å²) in [6, 6.07) is 6.45. The summed E-state index contributed by atoms with van der Waals surface area (Å²) in [6.07, 6.45) is 3.35. The van der Waals surface area contributed by atoms with Crippen LogP contribution in [0, 0.1) is 12.7 Å². The fraction of sp³-hybridized carbons (Fsp3) is 0.391. The summed E-state index contributed by atoms with van der Waals surface area (Å²) in [4.78, 5) is 33.5. The second-order valence-electron chi connectivity index (χ2n) is 8.62. The van der Waals surface area contributed by atoms with E-state index in [2.05, 4.69) is 20.6 Å². The van der Waals surface area contributed by atoms with Crippen LogP contribution < -0.4 is 10.6 Å². The van der Waals surface area contributed by atoms with Crippen LogP contribution in [0.1, 0.15) is 42.6 Å². The van der Waals surface area contributed by atoms with Crippen LogP contribution in [0.3, 0.4) is 0 Å². The molecule has 0 bridgehead atoms. The van der Waals surface area contributed by atoms with Crippen LogP contribution in [0.25, 0.3) is 21.3 Å². The molecule has 1 aliphatic carbocycles. The van der Waals surface area contributed by atoms with E-state index in [0.717, 1.165) is 29.9 Å².